The quantitative estimate of drug-likeness (QED) is 0.898. The van der Waals surface area contributed by atoms with Crippen molar-refractivity contribution in [2.24, 2.45) is 0 Å². The number of nitrogens with one attached hydrogen (secondary N) is 1. The molecule has 0 unspecified atom stereocenters. The lowest BCUT2D eigenvalue weighted by Gasteiger charge is -2.23. The van der Waals surface area contributed by atoms with Gasteiger partial charge in [-0.1, -0.05) is 48.0 Å². The molecule has 1 aliphatic rings. The molecule has 1 aliphatic carbocycles. The Kier molecular flexibility index (Phi) is 3.87. The fourth-order valence-corrected chi connectivity index (χ4v) is 2.76. The number of aryl methyl sites for hydroxylation is 1. The van der Waals surface area contributed by atoms with Crippen molar-refractivity contribution in [1.29, 1.82) is 0 Å². The monoisotopic (exact) mass is 277 g/mol. The van der Waals surface area contributed by atoms with Crippen molar-refractivity contribution < 1.29 is 4.79 Å². The van der Waals surface area contributed by atoms with Gasteiger partial charge in [-0.15, -0.1) is 0 Å². The van der Waals surface area contributed by atoms with Crippen LogP contribution in [-0.2, 0) is 4.79 Å². The molecule has 1 atom stereocenters. The third-order valence-corrected chi connectivity index (χ3v) is 3.88. The number of benzene rings is 2. The smallest absolute Gasteiger partial charge is 0.158 e. The number of carbonyl (C=O) groups is 1. The van der Waals surface area contributed by atoms with E-state index in [-0.39, 0.29) is 11.7 Å². The van der Waals surface area contributed by atoms with E-state index in [4.69, 9.17) is 0 Å². The van der Waals surface area contributed by atoms with Crippen molar-refractivity contribution in [3.8, 4) is 0 Å². The molecule has 0 bridgehead atoms. The molecule has 0 amide bonds. The molecular formula is C19H19NO. The lowest BCUT2D eigenvalue weighted by molar-refractivity contribution is -0.115. The first-order valence-corrected chi connectivity index (χ1v) is 7.33. The predicted octanol–water partition coefficient (Wildman–Crippen LogP) is 4.44. The summed E-state index contributed by atoms with van der Waals surface area (Å²) < 4.78 is 0. The van der Waals surface area contributed by atoms with Crippen LogP contribution in [0, 0.1) is 6.92 Å². The molecule has 2 aromatic rings. The van der Waals surface area contributed by atoms with Gasteiger partial charge in [0.2, 0.25) is 0 Å². The van der Waals surface area contributed by atoms with Gasteiger partial charge in [-0.25, -0.2) is 0 Å². The van der Waals surface area contributed by atoms with E-state index in [1.807, 2.05) is 30.3 Å². The number of anilines is 1. The molecule has 0 heterocycles. The third-order valence-electron chi connectivity index (χ3n) is 3.88. The molecule has 2 nitrogen and oxygen atoms in total. The Labute approximate surface area is 125 Å². The van der Waals surface area contributed by atoms with Crippen LogP contribution < -0.4 is 5.32 Å². The van der Waals surface area contributed by atoms with Crippen molar-refractivity contribution >= 4 is 11.5 Å². The Bertz CT molecular complexity index is 656. The summed E-state index contributed by atoms with van der Waals surface area (Å²) in [6.07, 6.45) is 3.23. The lowest BCUT2D eigenvalue weighted by Crippen LogP contribution is -2.16. The molecule has 106 valence electrons. The van der Waals surface area contributed by atoms with Gasteiger partial charge in [0, 0.05) is 23.9 Å². The third kappa shape index (κ3) is 3.40. The second kappa shape index (κ2) is 5.96. The van der Waals surface area contributed by atoms with Crippen LogP contribution >= 0.6 is 0 Å². The van der Waals surface area contributed by atoms with E-state index >= 15 is 0 Å². The van der Waals surface area contributed by atoms with E-state index in [0.29, 0.717) is 6.42 Å². The SMILES string of the molecule is Cc1ccc(NC2=CC(=O)C[C@H](c3ccccc3)C2)cc1. The maximum absolute atomic E-state index is 12.0. The first-order chi connectivity index (χ1) is 10.2. The molecule has 0 aromatic heterocycles. The van der Waals surface area contributed by atoms with Crippen molar-refractivity contribution in [2.45, 2.75) is 25.7 Å². The summed E-state index contributed by atoms with van der Waals surface area (Å²) in [5.74, 6) is 0.473. The Morgan fingerprint density at radius 2 is 1.67 bits per heavy atom. The Morgan fingerprint density at radius 3 is 2.38 bits per heavy atom. The highest BCUT2D eigenvalue weighted by Gasteiger charge is 2.22. The maximum atomic E-state index is 12.0. The van der Waals surface area contributed by atoms with Crippen molar-refractivity contribution in [3.05, 3.63) is 77.5 Å². The van der Waals surface area contributed by atoms with E-state index in [1.165, 1.54) is 11.1 Å². The number of hydrogen-bond acceptors (Lipinski definition) is 2. The van der Waals surface area contributed by atoms with Gasteiger partial charge in [-0.2, -0.15) is 0 Å². The topological polar surface area (TPSA) is 29.1 Å². The zero-order valence-corrected chi connectivity index (χ0v) is 12.2. The summed E-state index contributed by atoms with van der Waals surface area (Å²) in [5, 5.41) is 3.38. The normalized spacial score (nSPS) is 18.2. The van der Waals surface area contributed by atoms with Crippen molar-refractivity contribution in [1.82, 2.24) is 0 Å². The van der Waals surface area contributed by atoms with E-state index in [0.717, 1.165) is 17.8 Å². The average molecular weight is 277 g/mol. The van der Waals surface area contributed by atoms with Crippen LogP contribution in [0.25, 0.3) is 0 Å². The van der Waals surface area contributed by atoms with Gasteiger partial charge in [0.1, 0.15) is 0 Å². The van der Waals surface area contributed by atoms with Gasteiger partial charge >= 0.3 is 0 Å². The van der Waals surface area contributed by atoms with E-state index in [9.17, 15) is 4.79 Å². The molecule has 0 spiro atoms. The molecule has 0 radical (unpaired) electrons. The fourth-order valence-electron chi connectivity index (χ4n) is 2.76. The van der Waals surface area contributed by atoms with Gasteiger partial charge in [0.15, 0.2) is 5.78 Å². The zero-order valence-electron chi connectivity index (χ0n) is 12.2. The number of hydrogen-bond donors (Lipinski definition) is 1. The molecule has 0 saturated carbocycles. The van der Waals surface area contributed by atoms with Crippen LogP contribution in [-0.4, -0.2) is 5.78 Å². The minimum atomic E-state index is 0.199. The predicted molar refractivity (Wildman–Crippen MR) is 86.3 cm³/mol. The Hall–Kier alpha value is -2.35. The number of rotatable bonds is 3. The largest absolute Gasteiger partial charge is 0.359 e. The van der Waals surface area contributed by atoms with Gasteiger partial charge in [-0.3, -0.25) is 4.79 Å². The second-order valence-corrected chi connectivity index (χ2v) is 5.64. The van der Waals surface area contributed by atoms with Gasteiger partial charge in [0.25, 0.3) is 0 Å². The summed E-state index contributed by atoms with van der Waals surface area (Å²) >= 11 is 0. The first-order valence-electron chi connectivity index (χ1n) is 7.33. The number of allylic oxidation sites excluding steroid dienone is 2. The number of carbonyl (C=O) groups excluding carboxylic acids is 1. The zero-order chi connectivity index (χ0) is 14.7. The maximum Gasteiger partial charge on any atom is 0.158 e. The van der Waals surface area contributed by atoms with Crippen molar-refractivity contribution in [2.75, 3.05) is 5.32 Å². The summed E-state index contributed by atoms with van der Waals surface area (Å²) in [6, 6.07) is 18.5. The minimum Gasteiger partial charge on any atom is -0.359 e. The fraction of sp³-hybridized carbons (Fsp3) is 0.211. The standard InChI is InChI=1S/C19H19NO/c1-14-7-9-17(10-8-14)20-18-11-16(12-19(21)13-18)15-5-3-2-4-6-15/h2-10,13,16,20H,11-12H2,1H3/t16-/m1/s1. The van der Waals surface area contributed by atoms with Crippen LogP contribution in [0.3, 0.4) is 0 Å². The highest BCUT2D eigenvalue weighted by molar-refractivity contribution is 5.92. The number of ketones is 1. The van der Waals surface area contributed by atoms with Crippen LogP contribution in [0.2, 0.25) is 0 Å². The first kappa shape index (κ1) is 13.6. The molecule has 0 saturated heterocycles. The summed E-state index contributed by atoms with van der Waals surface area (Å²) in [4.78, 5) is 12.0. The summed E-state index contributed by atoms with van der Waals surface area (Å²) in [5.41, 5.74) is 4.51. The molecule has 3 rings (SSSR count). The molecule has 21 heavy (non-hydrogen) atoms. The minimum absolute atomic E-state index is 0.199. The molecule has 2 aromatic carbocycles. The van der Waals surface area contributed by atoms with E-state index in [1.54, 1.807) is 6.08 Å². The lowest BCUT2D eigenvalue weighted by atomic mass is 9.85. The van der Waals surface area contributed by atoms with E-state index in [2.05, 4.69) is 36.5 Å². The van der Waals surface area contributed by atoms with Crippen LogP contribution in [0.4, 0.5) is 5.69 Å². The molecule has 0 aliphatic heterocycles. The van der Waals surface area contributed by atoms with Crippen LogP contribution in [0.1, 0.15) is 29.9 Å². The molecule has 0 fully saturated rings. The summed E-state index contributed by atoms with van der Waals surface area (Å²) in [7, 11) is 0. The highest BCUT2D eigenvalue weighted by atomic mass is 16.1. The average Bonchev–Trinajstić information content (AvgIpc) is 2.50. The van der Waals surface area contributed by atoms with Gasteiger partial charge in [0.05, 0.1) is 0 Å². The Morgan fingerprint density at radius 1 is 0.952 bits per heavy atom. The highest BCUT2D eigenvalue weighted by Crippen LogP contribution is 2.31. The van der Waals surface area contributed by atoms with Crippen LogP contribution in [0.15, 0.2) is 66.4 Å². The van der Waals surface area contributed by atoms with Crippen molar-refractivity contribution in [3.63, 3.8) is 0 Å². The summed E-state index contributed by atoms with van der Waals surface area (Å²) in [6.45, 7) is 2.07. The van der Waals surface area contributed by atoms with Gasteiger partial charge < -0.3 is 5.32 Å². The van der Waals surface area contributed by atoms with Crippen LogP contribution in [0.5, 0.6) is 0 Å². The molecule has 1 N–H and O–H groups in total. The van der Waals surface area contributed by atoms with E-state index < -0.39 is 0 Å². The molecular weight excluding hydrogens is 258 g/mol. The Balaban J connectivity index is 1.76. The second-order valence-electron chi connectivity index (χ2n) is 5.64. The molecule has 2 heteroatoms. The van der Waals surface area contributed by atoms with Gasteiger partial charge in [-0.05, 0) is 37.0 Å².